The van der Waals surface area contributed by atoms with Crippen molar-refractivity contribution >= 4 is 11.6 Å². The molecular formula is C16H19ClF4N2. The van der Waals surface area contributed by atoms with Crippen LogP contribution in [0, 0.1) is 11.7 Å². The number of hydrogen-bond donors (Lipinski definition) is 1. The lowest BCUT2D eigenvalue weighted by molar-refractivity contribution is -0.137. The molecule has 0 aromatic heterocycles. The second-order valence-corrected chi connectivity index (χ2v) is 6.75. The van der Waals surface area contributed by atoms with Crippen molar-refractivity contribution in [3.8, 4) is 0 Å². The average Bonchev–Trinajstić information content (AvgIpc) is 3.32. The van der Waals surface area contributed by atoms with Gasteiger partial charge in [0.05, 0.1) is 10.6 Å². The van der Waals surface area contributed by atoms with Crippen molar-refractivity contribution < 1.29 is 17.6 Å². The van der Waals surface area contributed by atoms with E-state index in [4.69, 9.17) is 11.6 Å². The first-order chi connectivity index (χ1) is 10.9. The van der Waals surface area contributed by atoms with Crippen LogP contribution in [-0.4, -0.2) is 31.1 Å². The van der Waals surface area contributed by atoms with Crippen LogP contribution in [0.4, 0.5) is 17.6 Å². The normalized spacial score (nSPS) is 21.4. The maximum Gasteiger partial charge on any atom is 0.416 e. The average molecular weight is 351 g/mol. The summed E-state index contributed by atoms with van der Waals surface area (Å²) in [5.41, 5.74) is -0.798. The molecule has 0 radical (unpaired) electrons. The van der Waals surface area contributed by atoms with Gasteiger partial charge in [-0.2, -0.15) is 13.2 Å². The standard InChI is InChI=1S/C16H19ClF4N2/c17-13-9-11(16(19,20)21)8-12(15(13)18)14(7-10-1-2-10)23-5-3-22-4-6-23/h8-10,14,22H,1-7H2/t14-/m0/s1. The zero-order chi connectivity index (χ0) is 16.6. The summed E-state index contributed by atoms with van der Waals surface area (Å²) in [6.45, 7) is 2.92. The number of benzene rings is 1. The summed E-state index contributed by atoms with van der Waals surface area (Å²) in [5, 5.41) is 2.76. The Bertz CT molecular complexity index is 566. The van der Waals surface area contributed by atoms with E-state index in [0.29, 0.717) is 31.5 Å². The summed E-state index contributed by atoms with van der Waals surface area (Å²) < 4.78 is 53.7. The molecule has 1 aromatic rings. The molecule has 23 heavy (non-hydrogen) atoms. The van der Waals surface area contributed by atoms with E-state index in [1.54, 1.807) is 0 Å². The quantitative estimate of drug-likeness (QED) is 0.817. The van der Waals surface area contributed by atoms with Gasteiger partial charge in [-0.25, -0.2) is 4.39 Å². The van der Waals surface area contributed by atoms with E-state index in [9.17, 15) is 17.6 Å². The summed E-state index contributed by atoms with van der Waals surface area (Å²) in [7, 11) is 0. The molecule has 1 heterocycles. The zero-order valence-corrected chi connectivity index (χ0v) is 13.4. The van der Waals surface area contributed by atoms with Gasteiger partial charge in [0.25, 0.3) is 0 Å². The van der Waals surface area contributed by atoms with E-state index in [2.05, 4.69) is 10.2 Å². The van der Waals surface area contributed by atoms with E-state index in [-0.39, 0.29) is 11.6 Å². The van der Waals surface area contributed by atoms with Gasteiger partial charge in [-0.1, -0.05) is 24.4 Å². The minimum absolute atomic E-state index is 0.0821. The highest BCUT2D eigenvalue weighted by Gasteiger charge is 2.36. The number of piperazine rings is 1. The lowest BCUT2D eigenvalue weighted by atomic mass is 9.96. The van der Waals surface area contributed by atoms with Crippen LogP contribution in [-0.2, 0) is 6.18 Å². The van der Waals surface area contributed by atoms with Crippen LogP contribution in [0.25, 0.3) is 0 Å². The van der Waals surface area contributed by atoms with E-state index in [1.165, 1.54) is 0 Å². The smallest absolute Gasteiger partial charge is 0.314 e. The highest BCUT2D eigenvalue weighted by atomic mass is 35.5. The molecule has 1 saturated heterocycles. The molecule has 1 aliphatic carbocycles. The first kappa shape index (κ1) is 17.0. The third-order valence-electron chi connectivity index (χ3n) is 4.59. The van der Waals surface area contributed by atoms with Crippen molar-refractivity contribution in [1.29, 1.82) is 0 Å². The number of hydrogen-bond acceptors (Lipinski definition) is 2. The maximum atomic E-state index is 14.5. The molecule has 0 amide bonds. The highest BCUT2D eigenvalue weighted by molar-refractivity contribution is 6.30. The summed E-state index contributed by atoms with van der Waals surface area (Å²) in [6, 6.07) is 1.27. The van der Waals surface area contributed by atoms with Crippen LogP contribution >= 0.6 is 11.6 Å². The molecule has 2 aliphatic rings. The van der Waals surface area contributed by atoms with Crippen LogP contribution in [0.2, 0.25) is 5.02 Å². The van der Waals surface area contributed by atoms with E-state index in [0.717, 1.165) is 32.0 Å². The van der Waals surface area contributed by atoms with Gasteiger partial charge in [-0.05, 0) is 24.5 Å². The van der Waals surface area contributed by atoms with Crippen LogP contribution in [0.5, 0.6) is 0 Å². The van der Waals surface area contributed by atoms with Crippen molar-refractivity contribution in [3.63, 3.8) is 0 Å². The zero-order valence-electron chi connectivity index (χ0n) is 12.6. The Morgan fingerprint density at radius 1 is 1.22 bits per heavy atom. The topological polar surface area (TPSA) is 15.3 Å². The molecule has 0 spiro atoms. The van der Waals surface area contributed by atoms with Gasteiger partial charge in [-0.3, -0.25) is 4.90 Å². The van der Waals surface area contributed by atoms with Gasteiger partial charge >= 0.3 is 6.18 Å². The Balaban J connectivity index is 1.98. The Morgan fingerprint density at radius 2 is 1.87 bits per heavy atom. The fraction of sp³-hybridized carbons (Fsp3) is 0.625. The van der Waals surface area contributed by atoms with Crippen LogP contribution in [0.15, 0.2) is 12.1 Å². The summed E-state index contributed by atoms with van der Waals surface area (Å²) in [4.78, 5) is 2.07. The number of nitrogens with zero attached hydrogens (tertiary/aromatic N) is 1. The van der Waals surface area contributed by atoms with Gasteiger partial charge in [0.15, 0.2) is 0 Å². The first-order valence-electron chi connectivity index (χ1n) is 7.87. The van der Waals surface area contributed by atoms with Crippen molar-refractivity contribution in [3.05, 3.63) is 34.1 Å². The van der Waals surface area contributed by atoms with Gasteiger partial charge in [0.2, 0.25) is 0 Å². The molecule has 1 saturated carbocycles. The lowest BCUT2D eigenvalue weighted by Crippen LogP contribution is -2.45. The van der Waals surface area contributed by atoms with E-state index >= 15 is 0 Å². The molecule has 7 heteroatoms. The summed E-state index contributed by atoms with van der Waals surface area (Å²) in [5.74, 6) is -0.244. The number of halogens is 5. The molecule has 128 valence electrons. The van der Waals surface area contributed by atoms with Crippen LogP contribution in [0.1, 0.15) is 36.4 Å². The minimum atomic E-state index is -4.53. The van der Waals surface area contributed by atoms with E-state index in [1.807, 2.05) is 0 Å². The van der Waals surface area contributed by atoms with E-state index < -0.39 is 22.6 Å². The molecule has 0 unspecified atom stereocenters. The lowest BCUT2D eigenvalue weighted by Gasteiger charge is -2.36. The molecular weight excluding hydrogens is 332 g/mol. The third kappa shape index (κ3) is 3.98. The Labute approximate surface area is 137 Å². The molecule has 1 aliphatic heterocycles. The van der Waals surface area contributed by atoms with Crippen molar-refractivity contribution in [2.24, 2.45) is 5.92 Å². The largest absolute Gasteiger partial charge is 0.416 e. The van der Waals surface area contributed by atoms with Gasteiger partial charge in [0.1, 0.15) is 5.82 Å². The summed E-state index contributed by atoms with van der Waals surface area (Å²) >= 11 is 5.75. The summed E-state index contributed by atoms with van der Waals surface area (Å²) in [6.07, 6.45) is -1.71. The Hall–Kier alpha value is -0.850. The predicted molar refractivity (Wildman–Crippen MR) is 80.9 cm³/mol. The van der Waals surface area contributed by atoms with Crippen LogP contribution in [0.3, 0.4) is 0 Å². The van der Waals surface area contributed by atoms with Crippen LogP contribution < -0.4 is 5.32 Å². The molecule has 2 nitrogen and oxygen atoms in total. The molecule has 1 aromatic carbocycles. The Kier molecular flexibility index (Phi) is 4.85. The number of rotatable bonds is 4. The van der Waals surface area contributed by atoms with Crippen molar-refractivity contribution in [1.82, 2.24) is 10.2 Å². The SMILES string of the molecule is Fc1c(Cl)cc(C(F)(F)F)cc1[C@H](CC1CC1)N1CCNCC1. The molecule has 0 bridgehead atoms. The molecule has 1 N–H and O–H groups in total. The van der Waals surface area contributed by atoms with Gasteiger partial charge < -0.3 is 5.32 Å². The molecule has 3 rings (SSSR count). The monoisotopic (exact) mass is 350 g/mol. The fourth-order valence-corrected chi connectivity index (χ4v) is 3.38. The van der Waals surface area contributed by atoms with Gasteiger partial charge in [0, 0.05) is 37.8 Å². The second-order valence-electron chi connectivity index (χ2n) is 6.34. The third-order valence-corrected chi connectivity index (χ3v) is 4.86. The number of alkyl halides is 3. The number of nitrogens with one attached hydrogen (secondary N) is 1. The van der Waals surface area contributed by atoms with Crippen molar-refractivity contribution in [2.75, 3.05) is 26.2 Å². The first-order valence-corrected chi connectivity index (χ1v) is 8.25. The second kappa shape index (κ2) is 6.57. The molecule has 1 atom stereocenters. The Morgan fingerprint density at radius 3 is 2.43 bits per heavy atom. The van der Waals surface area contributed by atoms with Gasteiger partial charge in [-0.15, -0.1) is 0 Å². The van der Waals surface area contributed by atoms with Crippen molar-refractivity contribution in [2.45, 2.75) is 31.5 Å². The minimum Gasteiger partial charge on any atom is -0.314 e. The maximum absolute atomic E-state index is 14.5. The predicted octanol–water partition coefficient (Wildman–Crippen LogP) is 4.24. The molecule has 2 fully saturated rings. The highest BCUT2D eigenvalue weighted by Crippen LogP contribution is 2.43. The fourth-order valence-electron chi connectivity index (χ4n) is 3.15.